The second-order valence-electron chi connectivity index (χ2n) is 3.77. The lowest BCUT2D eigenvalue weighted by Crippen LogP contribution is -2.06. The molecular formula is C13H14O. The average molecular weight is 186 g/mol. The van der Waals surface area contributed by atoms with Crippen molar-refractivity contribution in [2.24, 2.45) is 5.92 Å². The van der Waals surface area contributed by atoms with Crippen LogP contribution in [0.25, 0.3) is 6.08 Å². The van der Waals surface area contributed by atoms with Crippen LogP contribution in [0.3, 0.4) is 0 Å². The molecule has 0 bridgehead atoms. The van der Waals surface area contributed by atoms with Gasteiger partial charge in [0, 0.05) is 6.42 Å². The Labute approximate surface area is 84.5 Å². The first-order chi connectivity index (χ1) is 6.90. The number of carbonyl (C=O) groups excluding carboxylic acids is 1. The minimum absolute atomic E-state index is 0.551. The summed E-state index contributed by atoms with van der Waals surface area (Å²) in [6.07, 6.45) is 8.15. The summed E-state index contributed by atoms with van der Waals surface area (Å²) in [5.41, 5.74) is 2.74. The molecule has 14 heavy (non-hydrogen) atoms. The van der Waals surface area contributed by atoms with Crippen LogP contribution in [0.15, 0.2) is 30.3 Å². The Bertz CT molecular complexity index is 352. The van der Waals surface area contributed by atoms with E-state index >= 15 is 0 Å². The molecule has 1 aliphatic carbocycles. The van der Waals surface area contributed by atoms with Crippen LogP contribution >= 0.6 is 0 Å². The molecule has 0 saturated heterocycles. The van der Waals surface area contributed by atoms with E-state index in [2.05, 4.69) is 36.4 Å². The van der Waals surface area contributed by atoms with E-state index in [4.69, 9.17) is 0 Å². The van der Waals surface area contributed by atoms with Gasteiger partial charge in [-0.2, -0.15) is 0 Å². The molecule has 0 aliphatic heterocycles. The summed E-state index contributed by atoms with van der Waals surface area (Å²) in [7, 11) is 0. The van der Waals surface area contributed by atoms with Gasteiger partial charge in [-0.15, -0.1) is 0 Å². The van der Waals surface area contributed by atoms with Crippen LogP contribution in [0.1, 0.15) is 24.0 Å². The van der Waals surface area contributed by atoms with Gasteiger partial charge in [-0.25, -0.2) is 0 Å². The lowest BCUT2D eigenvalue weighted by atomic mass is 9.87. The Balaban J connectivity index is 2.09. The van der Waals surface area contributed by atoms with Crippen molar-refractivity contribution in [3.63, 3.8) is 0 Å². The predicted molar refractivity (Wildman–Crippen MR) is 58.0 cm³/mol. The molecule has 0 aromatic heterocycles. The molecule has 1 atom stereocenters. The van der Waals surface area contributed by atoms with E-state index in [1.807, 2.05) is 0 Å². The van der Waals surface area contributed by atoms with Crippen LogP contribution in [-0.2, 0) is 11.2 Å². The summed E-state index contributed by atoms with van der Waals surface area (Å²) < 4.78 is 0. The van der Waals surface area contributed by atoms with Crippen molar-refractivity contribution in [3.8, 4) is 0 Å². The molecule has 1 heteroatoms. The summed E-state index contributed by atoms with van der Waals surface area (Å²) in [6.45, 7) is 0. The number of benzene rings is 1. The van der Waals surface area contributed by atoms with Gasteiger partial charge in [-0.05, 0) is 29.9 Å². The summed E-state index contributed by atoms with van der Waals surface area (Å²) >= 11 is 0. The summed E-state index contributed by atoms with van der Waals surface area (Å²) in [6, 6.07) is 8.46. The first-order valence-corrected chi connectivity index (χ1v) is 5.10. The van der Waals surface area contributed by atoms with E-state index in [9.17, 15) is 4.79 Å². The molecule has 1 aromatic carbocycles. The van der Waals surface area contributed by atoms with Crippen molar-refractivity contribution >= 4 is 12.4 Å². The Kier molecular flexibility index (Phi) is 2.78. The zero-order valence-corrected chi connectivity index (χ0v) is 8.15. The summed E-state index contributed by atoms with van der Waals surface area (Å²) in [5.74, 6) is 0.551. The van der Waals surface area contributed by atoms with Crippen LogP contribution in [-0.4, -0.2) is 6.29 Å². The number of fused-ring (bicyclic) bond motifs is 1. The number of hydrogen-bond donors (Lipinski definition) is 0. The third-order valence-corrected chi connectivity index (χ3v) is 2.74. The molecule has 0 fully saturated rings. The average Bonchev–Trinajstić information content (AvgIpc) is 2.26. The van der Waals surface area contributed by atoms with E-state index in [1.54, 1.807) is 0 Å². The second-order valence-corrected chi connectivity index (χ2v) is 3.77. The maximum atomic E-state index is 10.3. The fourth-order valence-electron chi connectivity index (χ4n) is 1.95. The Hall–Kier alpha value is -1.37. The van der Waals surface area contributed by atoms with Gasteiger partial charge in [0.2, 0.25) is 0 Å². The van der Waals surface area contributed by atoms with Crippen LogP contribution in [0, 0.1) is 5.92 Å². The van der Waals surface area contributed by atoms with E-state index in [0.29, 0.717) is 12.3 Å². The molecular weight excluding hydrogens is 172 g/mol. The third-order valence-electron chi connectivity index (χ3n) is 2.74. The Morgan fingerprint density at radius 1 is 1.36 bits per heavy atom. The van der Waals surface area contributed by atoms with Gasteiger partial charge >= 0.3 is 0 Å². The topological polar surface area (TPSA) is 17.1 Å². The fourth-order valence-corrected chi connectivity index (χ4v) is 1.95. The zero-order chi connectivity index (χ0) is 9.80. The predicted octanol–water partition coefficient (Wildman–Crippen LogP) is 2.85. The van der Waals surface area contributed by atoms with Crippen LogP contribution in [0.5, 0.6) is 0 Å². The van der Waals surface area contributed by atoms with Crippen molar-refractivity contribution < 1.29 is 4.79 Å². The number of hydrogen-bond acceptors (Lipinski definition) is 1. The van der Waals surface area contributed by atoms with Gasteiger partial charge in [0.1, 0.15) is 6.29 Å². The van der Waals surface area contributed by atoms with Crippen molar-refractivity contribution in [2.45, 2.75) is 19.3 Å². The maximum Gasteiger partial charge on any atom is 0.120 e. The molecule has 2 rings (SSSR count). The van der Waals surface area contributed by atoms with Gasteiger partial charge < -0.3 is 4.79 Å². The molecule has 0 heterocycles. The first-order valence-electron chi connectivity index (χ1n) is 5.10. The van der Waals surface area contributed by atoms with Gasteiger partial charge in [-0.3, -0.25) is 0 Å². The first kappa shape index (κ1) is 9.20. The van der Waals surface area contributed by atoms with E-state index < -0.39 is 0 Å². The highest BCUT2D eigenvalue weighted by atomic mass is 16.1. The SMILES string of the molecule is O=CCCC1C=Cc2ccccc2C1. The van der Waals surface area contributed by atoms with Gasteiger partial charge in [-0.1, -0.05) is 36.4 Å². The maximum absolute atomic E-state index is 10.3. The minimum Gasteiger partial charge on any atom is -0.303 e. The van der Waals surface area contributed by atoms with Crippen LogP contribution in [0.4, 0.5) is 0 Å². The largest absolute Gasteiger partial charge is 0.303 e. The molecule has 1 aromatic rings. The third kappa shape index (κ3) is 1.92. The van der Waals surface area contributed by atoms with Crippen LogP contribution in [0.2, 0.25) is 0 Å². The lowest BCUT2D eigenvalue weighted by Gasteiger charge is -2.18. The van der Waals surface area contributed by atoms with Crippen molar-refractivity contribution in [2.75, 3.05) is 0 Å². The standard InChI is InChI=1S/C13H14O/c14-9-3-4-11-7-8-12-5-1-2-6-13(12)10-11/h1-2,5-9,11H,3-4,10H2. The van der Waals surface area contributed by atoms with Gasteiger partial charge in [0.05, 0.1) is 0 Å². The van der Waals surface area contributed by atoms with E-state index in [0.717, 1.165) is 19.1 Å². The molecule has 0 amide bonds. The van der Waals surface area contributed by atoms with E-state index in [-0.39, 0.29) is 0 Å². The summed E-state index contributed by atoms with van der Waals surface area (Å²) in [5, 5.41) is 0. The van der Waals surface area contributed by atoms with Crippen molar-refractivity contribution in [3.05, 3.63) is 41.5 Å². The molecule has 0 saturated carbocycles. The zero-order valence-electron chi connectivity index (χ0n) is 8.15. The van der Waals surface area contributed by atoms with Gasteiger partial charge in [0.25, 0.3) is 0 Å². The molecule has 0 spiro atoms. The van der Waals surface area contributed by atoms with Crippen LogP contribution < -0.4 is 0 Å². The number of aldehydes is 1. The molecule has 0 N–H and O–H groups in total. The van der Waals surface area contributed by atoms with Crippen molar-refractivity contribution in [1.29, 1.82) is 0 Å². The lowest BCUT2D eigenvalue weighted by molar-refractivity contribution is -0.108. The second kappa shape index (κ2) is 4.23. The highest BCUT2D eigenvalue weighted by Crippen LogP contribution is 2.24. The minimum atomic E-state index is 0.551. The molecule has 72 valence electrons. The monoisotopic (exact) mass is 186 g/mol. The Morgan fingerprint density at radius 2 is 2.21 bits per heavy atom. The highest BCUT2D eigenvalue weighted by Gasteiger charge is 2.12. The molecule has 1 nitrogen and oxygen atoms in total. The number of allylic oxidation sites excluding steroid dienone is 1. The summed E-state index contributed by atoms with van der Waals surface area (Å²) in [4.78, 5) is 10.3. The Morgan fingerprint density at radius 3 is 3.07 bits per heavy atom. The molecule has 1 unspecified atom stereocenters. The van der Waals surface area contributed by atoms with Crippen molar-refractivity contribution in [1.82, 2.24) is 0 Å². The number of carbonyl (C=O) groups is 1. The van der Waals surface area contributed by atoms with E-state index in [1.165, 1.54) is 11.1 Å². The fraction of sp³-hybridized carbons (Fsp3) is 0.308. The number of rotatable bonds is 3. The van der Waals surface area contributed by atoms with Gasteiger partial charge in [0.15, 0.2) is 0 Å². The molecule has 0 radical (unpaired) electrons. The smallest absolute Gasteiger partial charge is 0.120 e. The normalized spacial score (nSPS) is 19.0. The highest BCUT2D eigenvalue weighted by molar-refractivity contribution is 5.57. The molecule has 1 aliphatic rings. The quantitative estimate of drug-likeness (QED) is 0.663.